The summed E-state index contributed by atoms with van der Waals surface area (Å²) in [7, 11) is 0. The molecule has 2 nitrogen and oxygen atoms in total. The SMILES string of the molecule is O=C1CC(c2ccccc2)NC(c2ccccc2)C1Sc1ccccc1. The summed E-state index contributed by atoms with van der Waals surface area (Å²) in [4.78, 5) is 14.2. The van der Waals surface area contributed by atoms with E-state index in [1.807, 2.05) is 54.6 Å². The van der Waals surface area contributed by atoms with Gasteiger partial charge in [-0.05, 0) is 23.3 Å². The molecule has 3 aromatic rings. The van der Waals surface area contributed by atoms with Gasteiger partial charge in [-0.2, -0.15) is 0 Å². The lowest BCUT2D eigenvalue weighted by Gasteiger charge is -2.36. The number of hydrogen-bond donors (Lipinski definition) is 1. The number of ketones is 1. The number of hydrogen-bond acceptors (Lipinski definition) is 3. The third-order valence-corrected chi connectivity index (χ3v) is 6.11. The first-order chi connectivity index (χ1) is 12.8. The highest BCUT2D eigenvalue weighted by Gasteiger charge is 2.38. The van der Waals surface area contributed by atoms with Crippen LogP contribution in [0.5, 0.6) is 0 Å². The monoisotopic (exact) mass is 359 g/mol. The van der Waals surface area contributed by atoms with Gasteiger partial charge in [0, 0.05) is 17.4 Å². The Morgan fingerprint density at radius 1 is 0.731 bits per heavy atom. The van der Waals surface area contributed by atoms with E-state index in [1.165, 1.54) is 5.56 Å². The molecule has 1 aliphatic rings. The van der Waals surface area contributed by atoms with E-state index in [2.05, 4.69) is 41.7 Å². The van der Waals surface area contributed by atoms with Crippen molar-refractivity contribution in [3.05, 3.63) is 102 Å². The average molecular weight is 359 g/mol. The number of nitrogens with one attached hydrogen (secondary N) is 1. The predicted molar refractivity (Wildman–Crippen MR) is 107 cm³/mol. The van der Waals surface area contributed by atoms with Crippen LogP contribution < -0.4 is 5.32 Å². The lowest BCUT2D eigenvalue weighted by atomic mass is 9.89. The highest BCUT2D eigenvalue weighted by atomic mass is 32.2. The van der Waals surface area contributed by atoms with Gasteiger partial charge in [-0.1, -0.05) is 78.9 Å². The van der Waals surface area contributed by atoms with Gasteiger partial charge in [-0.3, -0.25) is 4.79 Å². The van der Waals surface area contributed by atoms with Crippen LogP contribution in [0, 0.1) is 0 Å². The van der Waals surface area contributed by atoms with Gasteiger partial charge >= 0.3 is 0 Å². The fraction of sp³-hybridized carbons (Fsp3) is 0.174. The molecule has 130 valence electrons. The Hall–Kier alpha value is -2.36. The van der Waals surface area contributed by atoms with Crippen LogP contribution >= 0.6 is 11.8 Å². The van der Waals surface area contributed by atoms with Gasteiger partial charge in [-0.15, -0.1) is 11.8 Å². The Bertz CT molecular complexity index is 851. The second-order valence-electron chi connectivity index (χ2n) is 6.54. The van der Waals surface area contributed by atoms with Crippen molar-refractivity contribution in [1.29, 1.82) is 0 Å². The Morgan fingerprint density at radius 3 is 1.88 bits per heavy atom. The summed E-state index contributed by atoms with van der Waals surface area (Å²) in [6.45, 7) is 0. The van der Waals surface area contributed by atoms with Crippen LogP contribution in [0.2, 0.25) is 0 Å². The largest absolute Gasteiger partial charge is 0.301 e. The van der Waals surface area contributed by atoms with E-state index < -0.39 is 0 Å². The summed E-state index contributed by atoms with van der Waals surface area (Å²) < 4.78 is 0. The molecule has 1 aliphatic heterocycles. The van der Waals surface area contributed by atoms with E-state index in [0.29, 0.717) is 12.2 Å². The summed E-state index contributed by atoms with van der Waals surface area (Å²) in [5.74, 6) is 0.306. The van der Waals surface area contributed by atoms with Crippen molar-refractivity contribution in [3.63, 3.8) is 0 Å². The molecule has 0 aromatic heterocycles. The molecule has 3 unspecified atom stereocenters. The van der Waals surface area contributed by atoms with Gasteiger partial charge in [0.2, 0.25) is 0 Å². The van der Waals surface area contributed by atoms with Crippen molar-refractivity contribution in [2.45, 2.75) is 28.6 Å². The van der Waals surface area contributed by atoms with Gasteiger partial charge < -0.3 is 5.32 Å². The Kier molecular flexibility index (Phi) is 5.19. The zero-order valence-corrected chi connectivity index (χ0v) is 15.2. The molecule has 0 bridgehead atoms. The van der Waals surface area contributed by atoms with Gasteiger partial charge in [-0.25, -0.2) is 0 Å². The van der Waals surface area contributed by atoms with Crippen LogP contribution in [-0.4, -0.2) is 11.0 Å². The highest BCUT2D eigenvalue weighted by Crippen LogP contribution is 2.39. The van der Waals surface area contributed by atoms with Crippen molar-refractivity contribution in [3.8, 4) is 0 Å². The van der Waals surface area contributed by atoms with Crippen LogP contribution in [-0.2, 0) is 4.79 Å². The van der Waals surface area contributed by atoms with E-state index >= 15 is 0 Å². The van der Waals surface area contributed by atoms with Crippen molar-refractivity contribution in [1.82, 2.24) is 5.32 Å². The zero-order valence-electron chi connectivity index (χ0n) is 14.4. The van der Waals surface area contributed by atoms with Crippen molar-refractivity contribution in [2.24, 2.45) is 0 Å². The first-order valence-corrected chi connectivity index (χ1v) is 9.79. The van der Waals surface area contributed by atoms with E-state index in [4.69, 9.17) is 0 Å². The number of Topliss-reactive ketones (excluding diaryl/α,β-unsaturated/α-hetero) is 1. The van der Waals surface area contributed by atoms with Crippen LogP contribution in [0.1, 0.15) is 29.6 Å². The molecule has 1 fully saturated rings. The van der Waals surface area contributed by atoms with E-state index in [-0.39, 0.29) is 17.3 Å². The smallest absolute Gasteiger partial charge is 0.150 e. The lowest BCUT2D eigenvalue weighted by molar-refractivity contribution is -0.121. The minimum Gasteiger partial charge on any atom is -0.301 e. The molecule has 4 rings (SSSR count). The third kappa shape index (κ3) is 3.74. The predicted octanol–water partition coefficient (Wildman–Crippen LogP) is 5.19. The van der Waals surface area contributed by atoms with Crippen molar-refractivity contribution >= 4 is 17.5 Å². The summed E-state index contributed by atoms with van der Waals surface area (Å²) in [6.07, 6.45) is 0.526. The summed E-state index contributed by atoms with van der Waals surface area (Å²) in [5, 5.41) is 3.62. The van der Waals surface area contributed by atoms with E-state index in [0.717, 1.165) is 10.5 Å². The number of carbonyl (C=O) groups is 1. The minimum atomic E-state index is -0.125. The number of benzene rings is 3. The summed E-state index contributed by atoms with van der Waals surface area (Å²) in [6, 6.07) is 30.8. The number of piperidine rings is 1. The molecule has 0 saturated carbocycles. The van der Waals surface area contributed by atoms with Crippen molar-refractivity contribution in [2.75, 3.05) is 0 Å². The van der Waals surface area contributed by atoms with Gasteiger partial charge in [0.25, 0.3) is 0 Å². The standard InChI is InChI=1S/C23H21NOS/c25-21-16-20(17-10-4-1-5-11-17)24-22(18-12-6-2-7-13-18)23(21)26-19-14-8-3-9-15-19/h1-15,20,22-24H,16H2. The molecule has 26 heavy (non-hydrogen) atoms. The van der Waals surface area contributed by atoms with Crippen LogP contribution in [0.15, 0.2) is 95.9 Å². The number of thioether (sulfide) groups is 1. The first kappa shape index (κ1) is 17.1. The zero-order chi connectivity index (χ0) is 17.8. The summed E-state index contributed by atoms with van der Waals surface area (Å²) >= 11 is 1.66. The van der Waals surface area contributed by atoms with Gasteiger partial charge in [0.05, 0.1) is 11.3 Å². The second kappa shape index (κ2) is 7.90. The number of carbonyl (C=O) groups excluding carboxylic acids is 1. The fourth-order valence-corrected chi connectivity index (χ4v) is 4.68. The van der Waals surface area contributed by atoms with Crippen LogP contribution in [0.25, 0.3) is 0 Å². The highest BCUT2D eigenvalue weighted by molar-refractivity contribution is 8.00. The second-order valence-corrected chi connectivity index (χ2v) is 7.76. The van der Waals surface area contributed by atoms with E-state index in [1.54, 1.807) is 11.8 Å². The maximum absolute atomic E-state index is 13.1. The molecule has 3 atom stereocenters. The van der Waals surface area contributed by atoms with Crippen molar-refractivity contribution < 1.29 is 4.79 Å². The topological polar surface area (TPSA) is 29.1 Å². The quantitative estimate of drug-likeness (QED) is 0.695. The van der Waals surface area contributed by atoms with Crippen LogP contribution in [0.4, 0.5) is 0 Å². The lowest BCUT2D eigenvalue weighted by Crippen LogP contribution is -2.44. The molecule has 3 heteroatoms. The molecule has 0 amide bonds. The Morgan fingerprint density at radius 2 is 1.27 bits per heavy atom. The van der Waals surface area contributed by atoms with Gasteiger partial charge in [0.1, 0.15) is 5.78 Å². The molecule has 3 aromatic carbocycles. The van der Waals surface area contributed by atoms with E-state index in [9.17, 15) is 4.79 Å². The molecular formula is C23H21NOS. The molecule has 0 radical (unpaired) electrons. The Balaban J connectivity index is 1.65. The number of rotatable bonds is 4. The maximum Gasteiger partial charge on any atom is 0.150 e. The average Bonchev–Trinajstić information content (AvgIpc) is 2.71. The molecule has 0 aliphatic carbocycles. The Labute approximate surface area is 158 Å². The molecule has 1 N–H and O–H groups in total. The van der Waals surface area contributed by atoms with Gasteiger partial charge in [0.15, 0.2) is 0 Å². The molecule has 1 heterocycles. The van der Waals surface area contributed by atoms with Crippen LogP contribution in [0.3, 0.4) is 0 Å². The normalized spacial score (nSPS) is 22.9. The summed E-state index contributed by atoms with van der Waals surface area (Å²) in [5.41, 5.74) is 2.33. The minimum absolute atomic E-state index is 0.00661. The fourth-order valence-electron chi connectivity index (χ4n) is 3.48. The first-order valence-electron chi connectivity index (χ1n) is 8.91. The maximum atomic E-state index is 13.1. The molecular weight excluding hydrogens is 338 g/mol. The third-order valence-electron chi connectivity index (χ3n) is 4.77. The molecule has 1 saturated heterocycles. The molecule has 0 spiro atoms.